The van der Waals surface area contributed by atoms with Crippen LogP contribution in [0.1, 0.15) is 23.3 Å². The molecule has 1 N–H and O–H groups in total. The van der Waals surface area contributed by atoms with Crippen LogP contribution in [0.25, 0.3) is 0 Å². The van der Waals surface area contributed by atoms with Gasteiger partial charge in [-0.05, 0) is 24.8 Å². The Morgan fingerprint density at radius 2 is 2.12 bits per heavy atom. The van der Waals surface area contributed by atoms with Crippen LogP contribution in [0.2, 0.25) is 0 Å². The number of hydrogen-bond donors (Lipinski definition) is 1. The Balaban J connectivity index is 1.40. The zero-order valence-electron chi connectivity index (χ0n) is 14.8. The van der Waals surface area contributed by atoms with Gasteiger partial charge in [0.15, 0.2) is 0 Å². The predicted molar refractivity (Wildman–Crippen MR) is 89.9 cm³/mol. The number of rotatable bonds is 4. The number of carbonyl (C=O) groups is 2. The third-order valence-electron chi connectivity index (χ3n) is 5.40. The van der Waals surface area contributed by atoms with E-state index in [2.05, 4.69) is 15.3 Å². The Morgan fingerprint density at radius 1 is 1.36 bits per heavy atom. The number of aryl methyl sites for hydroxylation is 1. The molecule has 25 heavy (non-hydrogen) atoms. The molecule has 1 atom stereocenters. The Bertz CT molecular complexity index is 678. The van der Waals surface area contributed by atoms with Gasteiger partial charge in [0.1, 0.15) is 17.3 Å². The zero-order chi connectivity index (χ0) is 17.6. The van der Waals surface area contributed by atoms with Crippen molar-refractivity contribution < 1.29 is 14.3 Å². The second-order valence-electron chi connectivity index (χ2n) is 7.53. The summed E-state index contributed by atoms with van der Waals surface area (Å²) in [7, 11) is 3.46. The van der Waals surface area contributed by atoms with Crippen LogP contribution in [-0.2, 0) is 16.6 Å². The smallest absolute Gasteiger partial charge is 0.274 e. The summed E-state index contributed by atoms with van der Waals surface area (Å²) < 4.78 is 7.70. The maximum atomic E-state index is 12.5. The molecule has 1 saturated carbocycles. The first-order valence-electron chi connectivity index (χ1n) is 8.88. The highest BCUT2D eigenvalue weighted by molar-refractivity contribution is 5.93. The molecule has 8 nitrogen and oxygen atoms in total. The highest BCUT2D eigenvalue weighted by Gasteiger charge is 2.52. The van der Waals surface area contributed by atoms with E-state index in [9.17, 15) is 9.59 Å². The molecule has 0 radical (unpaired) electrons. The maximum Gasteiger partial charge on any atom is 0.274 e. The molecule has 136 valence electrons. The van der Waals surface area contributed by atoms with E-state index >= 15 is 0 Å². The predicted octanol–water partition coefficient (Wildman–Crippen LogP) is -0.528. The number of nitrogens with one attached hydrogen (secondary N) is 1. The minimum atomic E-state index is -0.343. The van der Waals surface area contributed by atoms with Crippen LogP contribution in [0.4, 0.5) is 0 Å². The van der Waals surface area contributed by atoms with E-state index in [0.717, 1.165) is 6.54 Å². The average Bonchev–Trinajstić information content (AvgIpc) is 3.28. The number of likely N-dealkylation sites (N-methyl/N-ethyl adjacent to an activating group) is 1. The normalized spacial score (nSPS) is 25.7. The molecule has 0 bridgehead atoms. The highest BCUT2D eigenvalue weighted by atomic mass is 16.5. The molecule has 1 spiro atoms. The summed E-state index contributed by atoms with van der Waals surface area (Å²) in [6, 6.07) is 1.51. The quantitative estimate of drug-likeness (QED) is 0.792. The van der Waals surface area contributed by atoms with E-state index < -0.39 is 0 Å². The molecule has 1 aromatic rings. The molecule has 2 aliphatic heterocycles. The summed E-state index contributed by atoms with van der Waals surface area (Å²) in [4.78, 5) is 28.6. The number of carbonyl (C=O) groups excluding carboxylic acids is 2. The van der Waals surface area contributed by atoms with Crippen molar-refractivity contribution in [2.45, 2.75) is 24.5 Å². The largest absolute Gasteiger partial charge is 0.368 e. The molecule has 4 rings (SSSR count). The van der Waals surface area contributed by atoms with Gasteiger partial charge in [0.2, 0.25) is 5.91 Å². The Hall–Kier alpha value is -1.93. The van der Waals surface area contributed by atoms with Crippen LogP contribution in [0.3, 0.4) is 0 Å². The van der Waals surface area contributed by atoms with Crippen molar-refractivity contribution in [3.63, 3.8) is 0 Å². The van der Waals surface area contributed by atoms with Crippen molar-refractivity contribution in [3.05, 3.63) is 18.0 Å². The minimum absolute atomic E-state index is 0.0104. The first kappa shape index (κ1) is 16.5. The topological polar surface area (TPSA) is 79.7 Å². The van der Waals surface area contributed by atoms with Gasteiger partial charge >= 0.3 is 0 Å². The number of hydrogen-bond acceptors (Lipinski definition) is 5. The molecule has 1 aliphatic carbocycles. The van der Waals surface area contributed by atoms with Crippen LogP contribution < -0.4 is 5.32 Å². The van der Waals surface area contributed by atoms with Crippen molar-refractivity contribution in [1.82, 2.24) is 24.9 Å². The van der Waals surface area contributed by atoms with Crippen LogP contribution in [0, 0.1) is 5.92 Å². The summed E-state index contributed by atoms with van der Waals surface area (Å²) in [5.74, 6) is 0.655. The monoisotopic (exact) mass is 347 g/mol. The van der Waals surface area contributed by atoms with E-state index in [4.69, 9.17) is 4.74 Å². The van der Waals surface area contributed by atoms with Gasteiger partial charge in [-0.25, -0.2) is 0 Å². The fourth-order valence-corrected chi connectivity index (χ4v) is 3.79. The van der Waals surface area contributed by atoms with Crippen LogP contribution in [0.5, 0.6) is 0 Å². The summed E-state index contributed by atoms with van der Waals surface area (Å²) in [5, 5.41) is 6.91. The molecule has 3 heterocycles. The molecule has 2 saturated heterocycles. The fraction of sp³-hybridized carbons (Fsp3) is 0.706. The second-order valence-corrected chi connectivity index (χ2v) is 7.53. The van der Waals surface area contributed by atoms with Gasteiger partial charge in [-0.15, -0.1) is 0 Å². The molecule has 0 unspecified atom stereocenters. The first-order valence-corrected chi connectivity index (χ1v) is 8.88. The molecule has 3 fully saturated rings. The third-order valence-corrected chi connectivity index (χ3v) is 5.40. The summed E-state index contributed by atoms with van der Waals surface area (Å²) >= 11 is 0. The standard InChI is InChI=1S/C17H25N5O3/c1-18-15(23)14-8-25-17(9-21(14)7-12-3-4-12)10-22(11-17)16(24)13-5-6-20(2)19-13/h5-6,12,14H,3-4,7-11H2,1-2H3,(H,18,23)/t14-/m1/s1. The Labute approximate surface area is 147 Å². The number of aromatic nitrogens is 2. The van der Waals surface area contributed by atoms with Gasteiger partial charge in [-0.2, -0.15) is 5.10 Å². The first-order chi connectivity index (χ1) is 12.0. The van der Waals surface area contributed by atoms with Crippen LogP contribution in [-0.4, -0.2) is 82.9 Å². The van der Waals surface area contributed by atoms with Gasteiger partial charge in [-0.3, -0.25) is 19.2 Å². The van der Waals surface area contributed by atoms with Gasteiger partial charge < -0.3 is 15.0 Å². The number of ether oxygens (including phenoxy) is 1. The van der Waals surface area contributed by atoms with Crippen molar-refractivity contribution >= 4 is 11.8 Å². The number of nitrogens with zero attached hydrogens (tertiary/aromatic N) is 4. The van der Waals surface area contributed by atoms with Crippen molar-refractivity contribution in [1.29, 1.82) is 0 Å². The summed E-state index contributed by atoms with van der Waals surface area (Å²) in [6.07, 6.45) is 4.26. The molecule has 2 amide bonds. The lowest BCUT2D eigenvalue weighted by molar-refractivity contribution is -0.191. The summed E-state index contributed by atoms with van der Waals surface area (Å²) in [5.41, 5.74) is 0.121. The SMILES string of the molecule is CNC(=O)[C@H]1COC2(CN(C(=O)c3ccn(C)n3)C2)CN1CC1CC1. The Kier molecular flexibility index (Phi) is 4.04. The summed E-state index contributed by atoms with van der Waals surface area (Å²) in [6.45, 7) is 3.15. The Morgan fingerprint density at radius 3 is 2.72 bits per heavy atom. The van der Waals surface area contributed by atoms with Crippen molar-refractivity contribution in [2.75, 3.05) is 39.8 Å². The van der Waals surface area contributed by atoms with Crippen molar-refractivity contribution in [3.8, 4) is 0 Å². The maximum absolute atomic E-state index is 12.5. The number of likely N-dealkylation sites (tertiary alicyclic amines) is 1. The lowest BCUT2D eigenvalue weighted by Crippen LogP contribution is -2.73. The van der Waals surface area contributed by atoms with E-state index in [1.54, 1.807) is 35.9 Å². The number of amides is 2. The zero-order valence-corrected chi connectivity index (χ0v) is 14.8. The van der Waals surface area contributed by atoms with Gasteiger partial charge in [0.25, 0.3) is 5.91 Å². The average molecular weight is 347 g/mol. The van der Waals surface area contributed by atoms with Crippen molar-refractivity contribution in [2.24, 2.45) is 13.0 Å². The van der Waals surface area contributed by atoms with Gasteiger partial charge in [-0.1, -0.05) is 0 Å². The third kappa shape index (κ3) is 3.16. The molecular weight excluding hydrogens is 322 g/mol. The second kappa shape index (κ2) is 6.10. The van der Waals surface area contributed by atoms with E-state index in [1.807, 2.05) is 0 Å². The molecule has 3 aliphatic rings. The highest BCUT2D eigenvalue weighted by Crippen LogP contribution is 2.36. The molecular formula is C17H25N5O3. The molecule has 1 aromatic heterocycles. The van der Waals surface area contributed by atoms with Crippen LogP contribution >= 0.6 is 0 Å². The van der Waals surface area contributed by atoms with E-state index in [-0.39, 0.29) is 23.5 Å². The lowest BCUT2D eigenvalue weighted by Gasteiger charge is -2.55. The minimum Gasteiger partial charge on any atom is -0.368 e. The van der Waals surface area contributed by atoms with Gasteiger partial charge in [0.05, 0.1) is 19.7 Å². The van der Waals surface area contributed by atoms with E-state index in [0.29, 0.717) is 37.9 Å². The fourth-order valence-electron chi connectivity index (χ4n) is 3.79. The number of morpholine rings is 1. The van der Waals surface area contributed by atoms with Gasteiger partial charge in [0, 0.05) is 33.4 Å². The lowest BCUT2D eigenvalue weighted by atomic mass is 9.89. The molecule has 8 heteroatoms. The van der Waals surface area contributed by atoms with Crippen LogP contribution in [0.15, 0.2) is 12.3 Å². The molecule has 0 aromatic carbocycles. The van der Waals surface area contributed by atoms with E-state index in [1.165, 1.54) is 12.8 Å².